The number of nitrogens with zero attached hydrogens (tertiary/aromatic N) is 1. The summed E-state index contributed by atoms with van der Waals surface area (Å²) in [7, 11) is 0. The molecule has 0 saturated carbocycles. The van der Waals surface area contributed by atoms with Crippen LogP contribution in [0.15, 0.2) is 71.4 Å². The van der Waals surface area contributed by atoms with Crippen LogP contribution in [0.1, 0.15) is 25.0 Å². The molecule has 0 spiro atoms. The summed E-state index contributed by atoms with van der Waals surface area (Å²) in [4.78, 5) is 30.0. The number of rotatable bonds is 6. The standard InChI is InChI=1S/C22H16ClN3O2S2/c23-16-9-8-15(11-17(16)26-22(28)19-7-4-10-29-19)21(27)24-12-20-25-18(13-30-20)14-5-2-1-3-6-14/h1-11,13H,12H2,(H,24,27)(H,26,28). The van der Waals surface area contributed by atoms with Gasteiger partial charge in [-0.05, 0) is 29.6 Å². The van der Waals surface area contributed by atoms with Gasteiger partial charge in [-0.2, -0.15) is 0 Å². The summed E-state index contributed by atoms with van der Waals surface area (Å²) >= 11 is 9.01. The summed E-state index contributed by atoms with van der Waals surface area (Å²) in [5.74, 6) is -0.532. The zero-order valence-corrected chi connectivity index (χ0v) is 18.0. The van der Waals surface area contributed by atoms with Crippen molar-refractivity contribution in [3.8, 4) is 11.3 Å². The van der Waals surface area contributed by atoms with Crippen molar-refractivity contribution in [2.45, 2.75) is 6.54 Å². The van der Waals surface area contributed by atoms with Gasteiger partial charge in [-0.3, -0.25) is 9.59 Å². The molecule has 2 aromatic heterocycles. The fourth-order valence-corrected chi connectivity index (χ4v) is 4.27. The third-order valence-electron chi connectivity index (χ3n) is 4.24. The molecule has 5 nitrogen and oxygen atoms in total. The third-order valence-corrected chi connectivity index (χ3v) is 6.29. The number of carbonyl (C=O) groups is 2. The average molecular weight is 454 g/mol. The Labute approximate surface area is 186 Å². The minimum absolute atomic E-state index is 0.263. The van der Waals surface area contributed by atoms with Gasteiger partial charge in [0, 0.05) is 16.5 Å². The molecule has 2 aromatic carbocycles. The van der Waals surface area contributed by atoms with Gasteiger partial charge in [0.15, 0.2) is 0 Å². The molecular weight excluding hydrogens is 438 g/mol. The molecule has 0 radical (unpaired) electrons. The van der Waals surface area contributed by atoms with Gasteiger partial charge in [0.05, 0.1) is 27.8 Å². The van der Waals surface area contributed by atoms with E-state index >= 15 is 0 Å². The first kappa shape index (κ1) is 20.3. The van der Waals surface area contributed by atoms with E-state index < -0.39 is 0 Å². The Hall–Kier alpha value is -3.00. The molecule has 0 saturated heterocycles. The van der Waals surface area contributed by atoms with Gasteiger partial charge in [0.25, 0.3) is 11.8 Å². The lowest BCUT2D eigenvalue weighted by Crippen LogP contribution is -2.23. The number of nitrogens with one attached hydrogen (secondary N) is 2. The van der Waals surface area contributed by atoms with E-state index in [1.54, 1.807) is 30.3 Å². The highest BCUT2D eigenvalue weighted by Crippen LogP contribution is 2.25. The van der Waals surface area contributed by atoms with Crippen LogP contribution in [0.3, 0.4) is 0 Å². The highest BCUT2D eigenvalue weighted by molar-refractivity contribution is 7.12. The second-order valence-electron chi connectivity index (χ2n) is 6.30. The Bertz CT molecular complexity index is 1170. The highest BCUT2D eigenvalue weighted by atomic mass is 35.5. The van der Waals surface area contributed by atoms with Crippen LogP contribution in [0.5, 0.6) is 0 Å². The van der Waals surface area contributed by atoms with Crippen molar-refractivity contribution in [2.75, 3.05) is 5.32 Å². The van der Waals surface area contributed by atoms with E-state index in [-0.39, 0.29) is 11.8 Å². The van der Waals surface area contributed by atoms with Gasteiger partial charge < -0.3 is 10.6 Å². The van der Waals surface area contributed by atoms with Crippen LogP contribution in [0.4, 0.5) is 5.69 Å². The average Bonchev–Trinajstić information content (AvgIpc) is 3.46. The van der Waals surface area contributed by atoms with Crippen molar-refractivity contribution in [3.05, 3.63) is 91.9 Å². The number of halogens is 1. The molecule has 2 amide bonds. The number of hydrogen-bond acceptors (Lipinski definition) is 5. The molecule has 0 aliphatic heterocycles. The fourth-order valence-electron chi connectivity index (χ4n) is 2.75. The second-order valence-corrected chi connectivity index (χ2v) is 8.60. The smallest absolute Gasteiger partial charge is 0.265 e. The second kappa shape index (κ2) is 9.21. The maximum absolute atomic E-state index is 12.6. The number of amides is 2. The van der Waals surface area contributed by atoms with Crippen LogP contribution in [-0.4, -0.2) is 16.8 Å². The highest BCUT2D eigenvalue weighted by Gasteiger charge is 2.13. The molecule has 0 atom stereocenters. The molecular formula is C22H16ClN3O2S2. The van der Waals surface area contributed by atoms with Gasteiger partial charge in [-0.15, -0.1) is 22.7 Å². The van der Waals surface area contributed by atoms with Crippen molar-refractivity contribution < 1.29 is 9.59 Å². The molecule has 0 bridgehead atoms. The van der Waals surface area contributed by atoms with Crippen LogP contribution >= 0.6 is 34.3 Å². The zero-order valence-electron chi connectivity index (χ0n) is 15.6. The van der Waals surface area contributed by atoms with Gasteiger partial charge >= 0.3 is 0 Å². The quantitative estimate of drug-likeness (QED) is 0.393. The summed E-state index contributed by atoms with van der Waals surface area (Å²) in [6.45, 7) is 0.315. The van der Waals surface area contributed by atoms with Crippen molar-refractivity contribution in [2.24, 2.45) is 0 Å². The van der Waals surface area contributed by atoms with Crippen LogP contribution in [-0.2, 0) is 6.54 Å². The summed E-state index contributed by atoms with van der Waals surface area (Å²) in [6.07, 6.45) is 0. The molecule has 4 aromatic rings. The third kappa shape index (κ3) is 4.76. The SMILES string of the molecule is O=C(NCc1nc(-c2ccccc2)cs1)c1ccc(Cl)c(NC(=O)c2cccs2)c1. The molecule has 2 N–H and O–H groups in total. The maximum atomic E-state index is 12.6. The lowest BCUT2D eigenvalue weighted by Gasteiger charge is -2.09. The molecule has 30 heavy (non-hydrogen) atoms. The first-order valence-corrected chi connectivity index (χ1v) is 11.2. The Morgan fingerprint density at radius 3 is 2.57 bits per heavy atom. The molecule has 0 fully saturated rings. The molecule has 0 aliphatic carbocycles. The number of thiazole rings is 1. The number of aromatic nitrogens is 1. The Balaban J connectivity index is 1.41. The van der Waals surface area contributed by atoms with E-state index in [9.17, 15) is 9.59 Å². The van der Waals surface area contributed by atoms with E-state index in [2.05, 4.69) is 15.6 Å². The normalized spacial score (nSPS) is 10.6. The van der Waals surface area contributed by atoms with Crippen LogP contribution < -0.4 is 10.6 Å². The number of thiophene rings is 1. The van der Waals surface area contributed by atoms with Crippen molar-refractivity contribution in [1.82, 2.24) is 10.3 Å². The number of anilines is 1. The number of carbonyl (C=O) groups excluding carboxylic acids is 2. The summed E-state index contributed by atoms with van der Waals surface area (Å²) in [5.41, 5.74) is 2.72. The van der Waals surface area contributed by atoms with Crippen molar-refractivity contribution in [3.63, 3.8) is 0 Å². The first-order valence-electron chi connectivity index (χ1n) is 9.02. The van der Waals surface area contributed by atoms with Crippen LogP contribution in [0.25, 0.3) is 11.3 Å². The van der Waals surface area contributed by atoms with Crippen LogP contribution in [0.2, 0.25) is 5.02 Å². The topological polar surface area (TPSA) is 71.1 Å². The van der Waals surface area contributed by atoms with Crippen molar-refractivity contribution >= 4 is 51.8 Å². The predicted octanol–water partition coefficient (Wildman–Crippen LogP) is 5.71. The molecule has 150 valence electrons. The maximum Gasteiger partial charge on any atom is 0.265 e. The van der Waals surface area contributed by atoms with Gasteiger partial charge in [0.1, 0.15) is 5.01 Å². The predicted molar refractivity (Wildman–Crippen MR) is 122 cm³/mol. The Morgan fingerprint density at radius 1 is 0.967 bits per heavy atom. The van der Waals surface area contributed by atoms with E-state index in [0.717, 1.165) is 16.3 Å². The molecule has 0 unspecified atom stereocenters. The molecule has 8 heteroatoms. The zero-order chi connectivity index (χ0) is 20.9. The summed E-state index contributed by atoms with van der Waals surface area (Å²) in [5, 5.41) is 10.6. The fraction of sp³-hybridized carbons (Fsp3) is 0.0455. The lowest BCUT2D eigenvalue weighted by molar-refractivity contribution is 0.0949. The van der Waals surface area contributed by atoms with Gasteiger partial charge in [-0.25, -0.2) is 4.98 Å². The number of benzene rings is 2. The van der Waals surface area contributed by atoms with E-state index in [1.807, 2.05) is 41.1 Å². The molecule has 0 aliphatic rings. The van der Waals surface area contributed by atoms with Crippen molar-refractivity contribution in [1.29, 1.82) is 0 Å². The minimum atomic E-state index is -0.269. The van der Waals surface area contributed by atoms with E-state index in [1.165, 1.54) is 22.7 Å². The first-order chi connectivity index (χ1) is 14.6. The summed E-state index contributed by atoms with van der Waals surface area (Å²) in [6, 6.07) is 18.2. The van der Waals surface area contributed by atoms with Gasteiger partial charge in [-0.1, -0.05) is 48.0 Å². The van der Waals surface area contributed by atoms with Crippen LogP contribution in [0, 0.1) is 0 Å². The van der Waals surface area contributed by atoms with E-state index in [0.29, 0.717) is 27.7 Å². The minimum Gasteiger partial charge on any atom is -0.346 e. The van der Waals surface area contributed by atoms with E-state index in [4.69, 9.17) is 11.6 Å². The number of hydrogen-bond donors (Lipinski definition) is 2. The molecule has 4 rings (SSSR count). The largest absolute Gasteiger partial charge is 0.346 e. The van der Waals surface area contributed by atoms with Gasteiger partial charge in [0.2, 0.25) is 0 Å². The summed E-state index contributed by atoms with van der Waals surface area (Å²) < 4.78 is 0. The monoisotopic (exact) mass is 453 g/mol. The Morgan fingerprint density at radius 2 is 1.80 bits per heavy atom. The lowest BCUT2D eigenvalue weighted by atomic mass is 10.2. The Kier molecular flexibility index (Phi) is 6.23. The molecule has 2 heterocycles.